The molecule has 0 heteroatoms. The van der Waals surface area contributed by atoms with Crippen molar-refractivity contribution in [2.24, 2.45) is 0 Å². The van der Waals surface area contributed by atoms with Gasteiger partial charge >= 0.3 is 0 Å². The lowest BCUT2D eigenvalue weighted by molar-refractivity contribution is 0.590. The van der Waals surface area contributed by atoms with E-state index < -0.39 is 0 Å². The molecule has 1 aliphatic rings. The van der Waals surface area contributed by atoms with Crippen molar-refractivity contribution in [1.82, 2.24) is 0 Å². The minimum Gasteiger partial charge on any atom is -0.0795 e. The van der Waals surface area contributed by atoms with Gasteiger partial charge in [0.1, 0.15) is 0 Å². The first-order chi connectivity index (χ1) is 9.47. The minimum absolute atomic E-state index is 0.216. The van der Waals surface area contributed by atoms with Gasteiger partial charge in [-0.1, -0.05) is 69.3 Å². The molecule has 0 spiro atoms. The highest BCUT2D eigenvalue weighted by Crippen LogP contribution is 2.34. The Morgan fingerprint density at radius 1 is 0.900 bits per heavy atom. The smallest absolute Gasteiger partial charge is 0.00853 e. The topological polar surface area (TPSA) is 0 Å². The summed E-state index contributed by atoms with van der Waals surface area (Å²) in [6, 6.07) is 13.6. The number of benzene rings is 2. The molecule has 102 valence electrons. The molecule has 20 heavy (non-hydrogen) atoms. The Labute approximate surface area is 122 Å². The Balaban J connectivity index is 2.07. The van der Waals surface area contributed by atoms with E-state index in [4.69, 9.17) is 0 Å². The van der Waals surface area contributed by atoms with Crippen molar-refractivity contribution in [3.63, 3.8) is 0 Å². The first kappa shape index (κ1) is 13.2. The monoisotopic (exact) mass is 262 g/mol. The Kier molecular flexibility index (Phi) is 3.05. The van der Waals surface area contributed by atoms with Crippen LogP contribution in [0.4, 0.5) is 0 Å². The second-order valence-electron chi connectivity index (χ2n) is 6.76. The fourth-order valence-electron chi connectivity index (χ4n) is 2.93. The van der Waals surface area contributed by atoms with Crippen molar-refractivity contribution in [1.29, 1.82) is 0 Å². The molecule has 0 bridgehead atoms. The highest BCUT2D eigenvalue weighted by Gasteiger charge is 2.16. The minimum atomic E-state index is 0.216. The lowest BCUT2D eigenvalue weighted by atomic mass is 9.85. The predicted molar refractivity (Wildman–Crippen MR) is 88.1 cm³/mol. The van der Waals surface area contributed by atoms with E-state index in [-0.39, 0.29) is 5.41 Å². The molecule has 2 aromatic rings. The second-order valence-corrected chi connectivity index (χ2v) is 6.76. The van der Waals surface area contributed by atoms with Gasteiger partial charge in [0.15, 0.2) is 0 Å². The third-order valence-electron chi connectivity index (χ3n) is 4.26. The normalized spacial score (nSPS) is 13.6. The van der Waals surface area contributed by atoms with Gasteiger partial charge in [-0.25, -0.2) is 0 Å². The molecule has 0 amide bonds. The van der Waals surface area contributed by atoms with Crippen molar-refractivity contribution in [2.75, 3.05) is 0 Å². The molecule has 0 aliphatic heterocycles. The number of hydrogen-bond acceptors (Lipinski definition) is 0. The van der Waals surface area contributed by atoms with Crippen molar-refractivity contribution in [2.45, 2.75) is 39.5 Å². The largest absolute Gasteiger partial charge is 0.0795 e. The standard InChI is InChI=1S/C20H22/c1-14-8-13-18(19-7-5-6-17(14)19)15-9-11-16(12-10-15)20(2,3)4/h5,7-13H,6H2,1-4H3. The van der Waals surface area contributed by atoms with Crippen LogP contribution in [0.25, 0.3) is 17.2 Å². The van der Waals surface area contributed by atoms with Crippen LogP contribution in [0.2, 0.25) is 0 Å². The molecule has 0 radical (unpaired) electrons. The van der Waals surface area contributed by atoms with Gasteiger partial charge in [0.25, 0.3) is 0 Å². The Morgan fingerprint density at radius 3 is 2.25 bits per heavy atom. The zero-order valence-corrected chi connectivity index (χ0v) is 12.8. The zero-order chi connectivity index (χ0) is 14.3. The van der Waals surface area contributed by atoms with Crippen molar-refractivity contribution in [3.8, 4) is 11.1 Å². The summed E-state index contributed by atoms with van der Waals surface area (Å²) in [6.45, 7) is 8.98. The molecule has 0 N–H and O–H groups in total. The van der Waals surface area contributed by atoms with Gasteiger partial charge in [0.05, 0.1) is 0 Å². The maximum atomic E-state index is 2.27. The molecule has 1 aliphatic carbocycles. The van der Waals surface area contributed by atoms with E-state index in [1.165, 1.54) is 33.4 Å². The van der Waals surface area contributed by atoms with Gasteiger partial charge in [0.2, 0.25) is 0 Å². The van der Waals surface area contributed by atoms with Crippen LogP contribution in [-0.4, -0.2) is 0 Å². The van der Waals surface area contributed by atoms with Gasteiger partial charge in [-0.15, -0.1) is 0 Å². The van der Waals surface area contributed by atoms with Gasteiger partial charge in [-0.05, 0) is 52.1 Å². The lowest BCUT2D eigenvalue weighted by Gasteiger charge is -2.19. The molecule has 0 fully saturated rings. The SMILES string of the molecule is Cc1ccc(-c2ccc(C(C)(C)C)cc2)c2c1CC=C2. The summed E-state index contributed by atoms with van der Waals surface area (Å²) in [5.74, 6) is 0. The van der Waals surface area contributed by atoms with E-state index in [2.05, 4.69) is 76.2 Å². The predicted octanol–water partition coefficient (Wildman–Crippen LogP) is 5.53. The number of rotatable bonds is 1. The number of hydrogen-bond donors (Lipinski definition) is 0. The van der Waals surface area contributed by atoms with Gasteiger partial charge in [-0.2, -0.15) is 0 Å². The van der Waals surface area contributed by atoms with Crippen LogP contribution in [-0.2, 0) is 11.8 Å². The fraction of sp³-hybridized carbons (Fsp3) is 0.300. The summed E-state index contributed by atoms with van der Waals surface area (Å²) in [5.41, 5.74) is 8.59. The average molecular weight is 262 g/mol. The summed E-state index contributed by atoms with van der Waals surface area (Å²) in [7, 11) is 0. The van der Waals surface area contributed by atoms with Crippen LogP contribution < -0.4 is 0 Å². The van der Waals surface area contributed by atoms with Crippen LogP contribution in [0.15, 0.2) is 42.5 Å². The van der Waals surface area contributed by atoms with E-state index in [1.807, 2.05) is 0 Å². The molecule has 0 nitrogen and oxygen atoms in total. The number of aryl methyl sites for hydroxylation is 1. The lowest BCUT2D eigenvalue weighted by Crippen LogP contribution is -2.10. The summed E-state index contributed by atoms with van der Waals surface area (Å²) < 4.78 is 0. The number of fused-ring (bicyclic) bond motifs is 1. The van der Waals surface area contributed by atoms with Crippen LogP contribution in [0.5, 0.6) is 0 Å². The highest BCUT2D eigenvalue weighted by atomic mass is 14.2. The van der Waals surface area contributed by atoms with Crippen LogP contribution in [0.1, 0.15) is 43.0 Å². The van der Waals surface area contributed by atoms with Gasteiger partial charge in [-0.3, -0.25) is 0 Å². The van der Waals surface area contributed by atoms with E-state index in [9.17, 15) is 0 Å². The van der Waals surface area contributed by atoms with Crippen molar-refractivity contribution < 1.29 is 0 Å². The molecule has 0 heterocycles. The Morgan fingerprint density at radius 2 is 1.60 bits per heavy atom. The molecule has 3 rings (SSSR count). The van der Waals surface area contributed by atoms with E-state index >= 15 is 0 Å². The van der Waals surface area contributed by atoms with Crippen LogP contribution in [0.3, 0.4) is 0 Å². The maximum Gasteiger partial charge on any atom is -0.00853 e. The zero-order valence-electron chi connectivity index (χ0n) is 12.8. The maximum absolute atomic E-state index is 2.27. The summed E-state index contributed by atoms with van der Waals surface area (Å²) in [6.07, 6.45) is 5.62. The Hall–Kier alpha value is -1.82. The molecule has 0 saturated heterocycles. The van der Waals surface area contributed by atoms with E-state index in [0.29, 0.717) is 0 Å². The molecule has 0 aromatic heterocycles. The Bertz CT molecular complexity index is 664. The first-order valence-electron chi connectivity index (χ1n) is 7.37. The van der Waals surface area contributed by atoms with E-state index in [1.54, 1.807) is 0 Å². The third kappa shape index (κ3) is 2.20. The quantitative estimate of drug-likeness (QED) is 0.634. The van der Waals surface area contributed by atoms with Crippen LogP contribution in [0, 0.1) is 6.92 Å². The third-order valence-corrected chi connectivity index (χ3v) is 4.26. The fourth-order valence-corrected chi connectivity index (χ4v) is 2.93. The molecular formula is C20H22. The highest BCUT2D eigenvalue weighted by molar-refractivity contribution is 5.80. The molecule has 0 atom stereocenters. The second kappa shape index (κ2) is 4.63. The molecular weight excluding hydrogens is 240 g/mol. The van der Waals surface area contributed by atoms with Crippen molar-refractivity contribution in [3.05, 3.63) is 64.7 Å². The molecule has 2 aromatic carbocycles. The van der Waals surface area contributed by atoms with Crippen molar-refractivity contribution >= 4 is 6.08 Å². The number of allylic oxidation sites excluding steroid dienone is 1. The summed E-state index contributed by atoms with van der Waals surface area (Å²) >= 11 is 0. The average Bonchev–Trinajstić information content (AvgIpc) is 2.88. The summed E-state index contributed by atoms with van der Waals surface area (Å²) in [5, 5.41) is 0. The van der Waals surface area contributed by atoms with E-state index in [0.717, 1.165) is 6.42 Å². The van der Waals surface area contributed by atoms with Crippen LogP contribution >= 0.6 is 0 Å². The van der Waals surface area contributed by atoms with Gasteiger partial charge in [0, 0.05) is 0 Å². The first-order valence-corrected chi connectivity index (χ1v) is 7.37. The molecule has 0 saturated carbocycles. The molecule has 0 unspecified atom stereocenters. The summed E-state index contributed by atoms with van der Waals surface area (Å²) in [4.78, 5) is 0. The van der Waals surface area contributed by atoms with Gasteiger partial charge < -0.3 is 0 Å².